The van der Waals surface area contributed by atoms with Crippen LogP contribution in [0.15, 0.2) is 4.99 Å². The second-order valence-electron chi connectivity index (χ2n) is 1.79. The maximum absolute atomic E-state index is 10.6. The molecule has 0 bridgehead atoms. The number of nitrogens with one attached hydrogen (secondary N) is 1. The molecular weight excluding hydrogens is 130 g/mol. The summed E-state index contributed by atoms with van der Waals surface area (Å²) in [6.45, 7) is 4.26. The van der Waals surface area contributed by atoms with E-state index in [1.807, 2.05) is 13.8 Å². The van der Waals surface area contributed by atoms with Gasteiger partial charge in [-0.1, -0.05) is 6.92 Å². The second kappa shape index (κ2) is 4.78. The molecule has 2 amide bonds. The molecule has 0 fully saturated rings. The predicted molar refractivity (Wildman–Crippen MR) is 41.0 cm³/mol. The highest BCUT2D eigenvalue weighted by Gasteiger charge is 1.94. The average Bonchev–Trinajstić information content (AvgIpc) is 1.88. The molecule has 0 atom stereocenters. The molecule has 0 rings (SSSR count). The lowest BCUT2D eigenvalue weighted by Gasteiger charge is -1.95. The van der Waals surface area contributed by atoms with E-state index in [1.165, 1.54) is 0 Å². The topological polar surface area (TPSA) is 67.5 Å². The lowest BCUT2D eigenvalue weighted by molar-refractivity contribution is 0.249. The quantitative estimate of drug-likeness (QED) is 0.436. The Morgan fingerprint density at radius 1 is 1.60 bits per heavy atom. The fourth-order valence-corrected chi connectivity index (χ4v) is 0.400. The van der Waals surface area contributed by atoms with E-state index in [2.05, 4.69) is 10.3 Å². The molecule has 0 aliphatic rings. The van der Waals surface area contributed by atoms with Gasteiger partial charge in [-0.25, -0.2) is 4.79 Å². The van der Waals surface area contributed by atoms with E-state index in [9.17, 15) is 4.79 Å². The van der Waals surface area contributed by atoms with Crippen LogP contribution in [0.2, 0.25) is 0 Å². The Balaban J connectivity index is 3.75. The van der Waals surface area contributed by atoms with Crippen LogP contribution in [0.3, 0.4) is 0 Å². The third kappa shape index (κ3) is 3.88. The van der Waals surface area contributed by atoms with Crippen LogP contribution in [-0.4, -0.2) is 18.4 Å². The Kier molecular flexibility index (Phi) is 4.28. The van der Waals surface area contributed by atoms with Gasteiger partial charge in [0.25, 0.3) is 0 Å². The number of hydrogen-bond donors (Lipinski definition) is 2. The minimum atomic E-state index is -0.359. The number of hydrogen-bond acceptors (Lipinski definition) is 1. The third-order valence-electron chi connectivity index (χ3n) is 0.935. The molecule has 0 radical (unpaired) electrons. The largest absolute Gasteiger partial charge is 0.387 e. The molecular formula is C6H13N3O. The Morgan fingerprint density at radius 3 is 2.60 bits per heavy atom. The van der Waals surface area contributed by atoms with Crippen LogP contribution in [0.4, 0.5) is 4.79 Å². The highest BCUT2D eigenvalue weighted by atomic mass is 16.2. The van der Waals surface area contributed by atoms with Crippen molar-refractivity contribution in [2.45, 2.75) is 20.3 Å². The van der Waals surface area contributed by atoms with Gasteiger partial charge in [0.1, 0.15) is 5.84 Å². The van der Waals surface area contributed by atoms with E-state index in [1.54, 1.807) is 0 Å². The zero-order valence-corrected chi connectivity index (χ0v) is 6.35. The number of nitrogens with two attached hydrogens (primary N) is 1. The Morgan fingerprint density at radius 2 is 2.20 bits per heavy atom. The van der Waals surface area contributed by atoms with Crippen LogP contribution in [0.5, 0.6) is 0 Å². The van der Waals surface area contributed by atoms with E-state index >= 15 is 0 Å². The van der Waals surface area contributed by atoms with Crippen molar-refractivity contribution >= 4 is 11.9 Å². The number of carbonyl (C=O) groups excluding carboxylic acids is 1. The molecule has 0 saturated heterocycles. The van der Waals surface area contributed by atoms with Crippen LogP contribution in [0, 0.1) is 0 Å². The van der Waals surface area contributed by atoms with Gasteiger partial charge < -0.3 is 11.1 Å². The number of amides is 2. The first-order valence-electron chi connectivity index (χ1n) is 3.31. The van der Waals surface area contributed by atoms with Gasteiger partial charge in [-0.3, -0.25) is 0 Å². The zero-order valence-electron chi connectivity index (χ0n) is 6.35. The summed E-state index contributed by atoms with van der Waals surface area (Å²) in [6, 6.07) is -0.359. The average molecular weight is 143 g/mol. The van der Waals surface area contributed by atoms with Crippen molar-refractivity contribution in [2.75, 3.05) is 6.54 Å². The van der Waals surface area contributed by atoms with E-state index < -0.39 is 0 Å². The number of urea groups is 1. The fourth-order valence-electron chi connectivity index (χ4n) is 0.400. The summed E-state index contributed by atoms with van der Waals surface area (Å²) in [5, 5.41) is 2.50. The number of carbonyl (C=O) groups is 1. The molecule has 0 aliphatic carbocycles. The molecule has 3 N–H and O–H groups in total. The van der Waals surface area contributed by atoms with Crippen molar-refractivity contribution in [3.05, 3.63) is 0 Å². The van der Waals surface area contributed by atoms with Crippen molar-refractivity contribution in [3.63, 3.8) is 0 Å². The summed E-state index contributed by atoms with van der Waals surface area (Å²) in [6.07, 6.45) is 0.608. The Hall–Kier alpha value is -1.06. The maximum atomic E-state index is 10.6. The molecule has 58 valence electrons. The van der Waals surface area contributed by atoms with E-state index in [0.717, 1.165) is 0 Å². The molecule has 0 aromatic heterocycles. The van der Waals surface area contributed by atoms with E-state index in [-0.39, 0.29) is 6.03 Å². The van der Waals surface area contributed by atoms with Gasteiger partial charge >= 0.3 is 6.03 Å². The van der Waals surface area contributed by atoms with Crippen molar-refractivity contribution in [2.24, 2.45) is 10.7 Å². The zero-order chi connectivity index (χ0) is 7.98. The molecule has 0 aromatic rings. The SMILES string of the molecule is CCNC(=O)/N=C(/N)CC. The van der Waals surface area contributed by atoms with Crippen LogP contribution < -0.4 is 11.1 Å². The Labute approximate surface area is 60.5 Å². The molecule has 0 saturated carbocycles. The minimum Gasteiger partial charge on any atom is -0.387 e. The third-order valence-corrected chi connectivity index (χ3v) is 0.935. The van der Waals surface area contributed by atoms with Crippen molar-refractivity contribution in [1.29, 1.82) is 0 Å². The van der Waals surface area contributed by atoms with Crippen LogP contribution in [0.25, 0.3) is 0 Å². The molecule has 0 aromatic carbocycles. The normalized spacial score (nSPS) is 11.2. The molecule has 0 spiro atoms. The second-order valence-corrected chi connectivity index (χ2v) is 1.79. The molecule has 4 heteroatoms. The standard InChI is InChI=1S/C6H13N3O/c1-3-5(7)9-6(10)8-4-2/h3-4H2,1-2H3,(H3,7,8,9,10). The van der Waals surface area contributed by atoms with Gasteiger partial charge in [0.2, 0.25) is 0 Å². The summed E-state index contributed by atoms with van der Waals surface area (Å²) < 4.78 is 0. The predicted octanol–water partition coefficient (Wildman–Crippen LogP) is 0.483. The fraction of sp³-hybridized carbons (Fsp3) is 0.667. The number of nitrogens with zero attached hydrogens (tertiary/aromatic N) is 1. The Bertz CT molecular complexity index is 142. The maximum Gasteiger partial charge on any atom is 0.342 e. The molecule has 4 nitrogen and oxygen atoms in total. The van der Waals surface area contributed by atoms with Crippen molar-refractivity contribution in [1.82, 2.24) is 5.32 Å². The van der Waals surface area contributed by atoms with Gasteiger partial charge in [0.15, 0.2) is 0 Å². The molecule has 0 aliphatic heterocycles. The number of amidine groups is 1. The van der Waals surface area contributed by atoms with Gasteiger partial charge in [-0.05, 0) is 6.92 Å². The highest BCUT2D eigenvalue weighted by Crippen LogP contribution is 1.79. The minimum absolute atomic E-state index is 0.359. The van der Waals surface area contributed by atoms with Gasteiger partial charge in [-0.2, -0.15) is 4.99 Å². The summed E-state index contributed by atoms with van der Waals surface area (Å²) in [7, 11) is 0. The molecule has 10 heavy (non-hydrogen) atoms. The van der Waals surface area contributed by atoms with Gasteiger partial charge in [0, 0.05) is 13.0 Å². The smallest absolute Gasteiger partial charge is 0.342 e. The van der Waals surface area contributed by atoms with Gasteiger partial charge in [-0.15, -0.1) is 0 Å². The van der Waals surface area contributed by atoms with Gasteiger partial charge in [0.05, 0.1) is 0 Å². The van der Waals surface area contributed by atoms with Crippen LogP contribution in [0.1, 0.15) is 20.3 Å². The highest BCUT2D eigenvalue weighted by molar-refractivity contribution is 5.92. The molecule has 0 heterocycles. The van der Waals surface area contributed by atoms with E-state index in [4.69, 9.17) is 5.73 Å². The lowest BCUT2D eigenvalue weighted by atomic mass is 10.5. The summed E-state index contributed by atoms with van der Waals surface area (Å²) >= 11 is 0. The monoisotopic (exact) mass is 143 g/mol. The summed E-state index contributed by atoms with van der Waals surface area (Å²) in [5.74, 6) is 0.367. The van der Waals surface area contributed by atoms with Crippen LogP contribution in [-0.2, 0) is 0 Å². The van der Waals surface area contributed by atoms with Crippen molar-refractivity contribution < 1.29 is 4.79 Å². The first-order valence-corrected chi connectivity index (χ1v) is 3.31. The lowest BCUT2D eigenvalue weighted by Crippen LogP contribution is -2.22. The first kappa shape index (κ1) is 8.94. The van der Waals surface area contributed by atoms with Crippen molar-refractivity contribution in [3.8, 4) is 0 Å². The summed E-state index contributed by atoms with van der Waals surface area (Å²) in [5.41, 5.74) is 5.29. The summed E-state index contributed by atoms with van der Waals surface area (Å²) in [4.78, 5) is 14.2. The first-order chi connectivity index (χ1) is 4.70. The molecule has 0 unspecified atom stereocenters. The number of rotatable bonds is 2. The van der Waals surface area contributed by atoms with Crippen LogP contribution >= 0.6 is 0 Å². The number of aliphatic imine (C=N–C) groups is 1. The van der Waals surface area contributed by atoms with E-state index in [0.29, 0.717) is 18.8 Å².